The van der Waals surface area contributed by atoms with Crippen molar-refractivity contribution >= 4 is 29.3 Å². The van der Waals surface area contributed by atoms with Crippen LogP contribution in [0.2, 0.25) is 0 Å². The molecule has 0 heterocycles. The lowest BCUT2D eigenvalue weighted by Crippen LogP contribution is -1.97. The second-order valence-electron chi connectivity index (χ2n) is 2.89. The standard InChI is InChI=1S/C11H10F2OS2/c1-15-11(16-2)6-10(14)7-3-8(12)5-9(13)4-7/h3-6H,1-2H3. The number of ketones is 1. The molecule has 0 saturated heterocycles. The van der Waals surface area contributed by atoms with E-state index in [0.717, 1.165) is 22.4 Å². The highest BCUT2D eigenvalue weighted by atomic mass is 32.2. The number of carbonyl (C=O) groups excluding carboxylic acids is 1. The van der Waals surface area contributed by atoms with E-state index in [0.29, 0.717) is 0 Å². The Bertz CT molecular complexity index is 404. The molecule has 1 nitrogen and oxygen atoms in total. The maximum Gasteiger partial charge on any atom is 0.187 e. The highest BCUT2D eigenvalue weighted by Crippen LogP contribution is 2.24. The highest BCUT2D eigenvalue weighted by Gasteiger charge is 2.08. The third-order valence-corrected chi connectivity index (χ3v) is 3.84. The van der Waals surface area contributed by atoms with Crippen molar-refractivity contribution in [3.8, 4) is 0 Å². The molecular weight excluding hydrogens is 250 g/mol. The first kappa shape index (κ1) is 13.3. The number of halogens is 2. The molecule has 5 heteroatoms. The van der Waals surface area contributed by atoms with E-state index in [1.54, 1.807) is 0 Å². The molecule has 0 saturated carbocycles. The molecule has 86 valence electrons. The average Bonchev–Trinajstić information content (AvgIpc) is 2.24. The Balaban J connectivity index is 3.01. The monoisotopic (exact) mass is 260 g/mol. The zero-order chi connectivity index (χ0) is 12.1. The SMILES string of the molecule is CSC(=CC(=O)c1cc(F)cc(F)c1)SC. The van der Waals surface area contributed by atoms with Crippen LogP contribution in [0, 0.1) is 11.6 Å². The summed E-state index contributed by atoms with van der Waals surface area (Å²) in [6.07, 6.45) is 5.05. The molecule has 0 aromatic heterocycles. The third-order valence-electron chi connectivity index (χ3n) is 1.80. The van der Waals surface area contributed by atoms with E-state index in [-0.39, 0.29) is 5.56 Å². The van der Waals surface area contributed by atoms with Crippen molar-refractivity contribution in [2.24, 2.45) is 0 Å². The molecule has 0 atom stereocenters. The fourth-order valence-electron chi connectivity index (χ4n) is 1.09. The lowest BCUT2D eigenvalue weighted by molar-refractivity contribution is 0.104. The summed E-state index contributed by atoms with van der Waals surface area (Å²) in [4.78, 5) is 11.6. The number of allylic oxidation sites excluding steroid dienone is 1. The summed E-state index contributed by atoms with van der Waals surface area (Å²) in [6, 6.07) is 2.80. The summed E-state index contributed by atoms with van der Waals surface area (Å²) in [6.45, 7) is 0. The van der Waals surface area contributed by atoms with Crippen LogP contribution in [0.5, 0.6) is 0 Å². The fourth-order valence-corrected chi connectivity index (χ4v) is 2.20. The zero-order valence-electron chi connectivity index (χ0n) is 8.79. The van der Waals surface area contributed by atoms with E-state index in [1.807, 2.05) is 12.5 Å². The van der Waals surface area contributed by atoms with Gasteiger partial charge in [0.1, 0.15) is 11.6 Å². The quantitative estimate of drug-likeness (QED) is 0.607. The van der Waals surface area contributed by atoms with E-state index in [9.17, 15) is 13.6 Å². The summed E-state index contributed by atoms with van der Waals surface area (Å²) in [5.74, 6) is -1.88. The van der Waals surface area contributed by atoms with Crippen molar-refractivity contribution in [3.63, 3.8) is 0 Å². The first-order valence-electron chi connectivity index (χ1n) is 4.37. The minimum Gasteiger partial charge on any atom is -0.289 e. The van der Waals surface area contributed by atoms with Crippen LogP contribution in [0.25, 0.3) is 0 Å². The normalized spacial score (nSPS) is 10.0. The molecule has 1 aromatic carbocycles. The summed E-state index contributed by atoms with van der Waals surface area (Å²) in [5, 5.41) is 0. The van der Waals surface area contributed by atoms with Gasteiger partial charge in [-0.05, 0) is 24.6 Å². The van der Waals surface area contributed by atoms with Gasteiger partial charge in [-0.2, -0.15) is 0 Å². The second kappa shape index (κ2) is 6.06. The van der Waals surface area contributed by atoms with Gasteiger partial charge in [-0.15, -0.1) is 23.5 Å². The van der Waals surface area contributed by atoms with Crippen molar-refractivity contribution in [2.45, 2.75) is 0 Å². The van der Waals surface area contributed by atoms with Crippen molar-refractivity contribution in [1.82, 2.24) is 0 Å². The van der Waals surface area contributed by atoms with Gasteiger partial charge in [-0.3, -0.25) is 4.79 Å². The predicted octanol–water partition coefficient (Wildman–Crippen LogP) is 3.71. The number of rotatable bonds is 4. The minimum atomic E-state index is -0.744. The van der Waals surface area contributed by atoms with Crippen molar-refractivity contribution in [2.75, 3.05) is 12.5 Å². The van der Waals surface area contributed by atoms with Crippen LogP contribution < -0.4 is 0 Å². The highest BCUT2D eigenvalue weighted by molar-refractivity contribution is 8.21. The number of benzene rings is 1. The van der Waals surface area contributed by atoms with Crippen LogP contribution >= 0.6 is 23.5 Å². The van der Waals surface area contributed by atoms with Crippen LogP contribution in [0.15, 0.2) is 28.5 Å². The number of hydrogen-bond donors (Lipinski definition) is 0. The van der Waals surface area contributed by atoms with Crippen LogP contribution in [0.4, 0.5) is 8.78 Å². The van der Waals surface area contributed by atoms with E-state index in [2.05, 4.69) is 0 Å². The van der Waals surface area contributed by atoms with Crippen LogP contribution in [-0.2, 0) is 0 Å². The summed E-state index contributed by atoms with van der Waals surface area (Å²) in [5.41, 5.74) is 0.0260. The summed E-state index contributed by atoms with van der Waals surface area (Å²) >= 11 is 2.83. The van der Waals surface area contributed by atoms with Crippen molar-refractivity contribution in [3.05, 3.63) is 45.7 Å². The Morgan fingerprint density at radius 3 is 2.06 bits per heavy atom. The molecule has 0 spiro atoms. The van der Waals surface area contributed by atoms with Gasteiger partial charge in [0, 0.05) is 21.9 Å². The fraction of sp³-hybridized carbons (Fsp3) is 0.182. The third kappa shape index (κ3) is 3.64. The van der Waals surface area contributed by atoms with Crippen LogP contribution in [0.3, 0.4) is 0 Å². The van der Waals surface area contributed by atoms with Gasteiger partial charge >= 0.3 is 0 Å². The van der Waals surface area contributed by atoms with E-state index < -0.39 is 17.4 Å². The molecule has 1 rings (SSSR count). The van der Waals surface area contributed by atoms with E-state index in [4.69, 9.17) is 0 Å². The van der Waals surface area contributed by atoms with Gasteiger partial charge in [-0.25, -0.2) is 8.78 Å². The molecule has 1 aromatic rings. The zero-order valence-corrected chi connectivity index (χ0v) is 10.4. The van der Waals surface area contributed by atoms with Crippen LogP contribution in [-0.4, -0.2) is 18.3 Å². The summed E-state index contributed by atoms with van der Waals surface area (Å²) in [7, 11) is 0. The summed E-state index contributed by atoms with van der Waals surface area (Å²) < 4.78 is 26.5. The Labute approximate surface area is 101 Å². The van der Waals surface area contributed by atoms with Gasteiger partial charge in [0.05, 0.1) is 0 Å². The number of thioether (sulfide) groups is 2. The molecule has 0 radical (unpaired) electrons. The maximum absolute atomic E-state index is 12.9. The lowest BCUT2D eigenvalue weighted by Gasteiger charge is -2.00. The molecule has 0 amide bonds. The molecular formula is C11H10F2OS2. The first-order valence-corrected chi connectivity index (χ1v) is 6.82. The van der Waals surface area contributed by atoms with Gasteiger partial charge in [0.25, 0.3) is 0 Å². The predicted molar refractivity (Wildman–Crippen MR) is 65.8 cm³/mol. The Morgan fingerprint density at radius 2 is 1.62 bits per heavy atom. The van der Waals surface area contributed by atoms with Gasteiger partial charge in [0.2, 0.25) is 0 Å². The molecule has 16 heavy (non-hydrogen) atoms. The Hall–Kier alpha value is -0.810. The van der Waals surface area contributed by atoms with Crippen LogP contribution in [0.1, 0.15) is 10.4 Å². The number of hydrogen-bond acceptors (Lipinski definition) is 3. The molecule has 0 aliphatic carbocycles. The number of carbonyl (C=O) groups is 1. The largest absolute Gasteiger partial charge is 0.289 e. The first-order chi connectivity index (χ1) is 7.56. The molecule has 0 unspecified atom stereocenters. The Kier molecular flexibility index (Phi) is 5.02. The molecule has 0 N–H and O–H groups in total. The topological polar surface area (TPSA) is 17.1 Å². The molecule has 0 aliphatic rings. The molecule has 0 fully saturated rings. The van der Waals surface area contributed by atoms with E-state index >= 15 is 0 Å². The average molecular weight is 260 g/mol. The molecule has 0 aliphatic heterocycles. The van der Waals surface area contributed by atoms with Crippen molar-refractivity contribution < 1.29 is 13.6 Å². The van der Waals surface area contributed by atoms with Gasteiger partial charge in [-0.1, -0.05) is 0 Å². The minimum absolute atomic E-state index is 0.0260. The molecule has 0 bridgehead atoms. The maximum atomic E-state index is 12.9. The van der Waals surface area contributed by atoms with E-state index in [1.165, 1.54) is 29.6 Å². The lowest BCUT2D eigenvalue weighted by atomic mass is 10.1. The smallest absolute Gasteiger partial charge is 0.187 e. The van der Waals surface area contributed by atoms with Crippen molar-refractivity contribution in [1.29, 1.82) is 0 Å². The van der Waals surface area contributed by atoms with Gasteiger partial charge in [0.15, 0.2) is 5.78 Å². The second-order valence-corrected chi connectivity index (χ2v) is 4.85. The Morgan fingerprint density at radius 1 is 1.12 bits per heavy atom. The van der Waals surface area contributed by atoms with Gasteiger partial charge < -0.3 is 0 Å².